The molecule has 88 valence electrons. The highest BCUT2D eigenvalue weighted by atomic mass is 15.1. The normalized spacial score (nSPS) is 33.8. The second-order valence-electron chi connectivity index (χ2n) is 5.61. The molecule has 0 bridgehead atoms. The molecule has 0 amide bonds. The molecule has 2 aliphatic rings. The molecule has 2 N–H and O–H groups in total. The standard InChI is InChI=1S/C13H26N2/c1-15(10-11-8-9-11)13-7-5-3-2-4-6-12(13)14/h11-13H,2-10,14H2,1H3. The average molecular weight is 210 g/mol. The van der Waals surface area contributed by atoms with Gasteiger partial charge in [-0.15, -0.1) is 0 Å². The first-order chi connectivity index (χ1) is 7.27. The monoisotopic (exact) mass is 210 g/mol. The molecule has 2 atom stereocenters. The Bertz CT molecular complexity index is 189. The fourth-order valence-corrected chi connectivity index (χ4v) is 2.88. The second kappa shape index (κ2) is 5.31. The van der Waals surface area contributed by atoms with E-state index in [2.05, 4.69) is 11.9 Å². The first-order valence-electron chi connectivity index (χ1n) is 6.73. The van der Waals surface area contributed by atoms with E-state index in [0.717, 1.165) is 5.92 Å². The average Bonchev–Trinajstić information content (AvgIpc) is 2.95. The first-order valence-corrected chi connectivity index (χ1v) is 6.73. The lowest BCUT2D eigenvalue weighted by Gasteiger charge is -2.34. The molecule has 2 nitrogen and oxygen atoms in total. The van der Waals surface area contributed by atoms with Gasteiger partial charge in [0.15, 0.2) is 0 Å². The highest BCUT2D eigenvalue weighted by Crippen LogP contribution is 2.31. The van der Waals surface area contributed by atoms with Crippen molar-refractivity contribution in [1.82, 2.24) is 4.90 Å². The molecule has 2 rings (SSSR count). The maximum atomic E-state index is 6.30. The van der Waals surface area contributed by atoms with Gasteiger partial charge in [-0.2, -0.15) is 0 Å². The Kier molecular flexibility index (Phi) is 4.04. The van der Waals surface area contributed by atoms with E-state index >= 15 is 0 Å². The molecule has 0 saturated heterocycles. The van der Waals surface area contributed by atoms with Crippen LogP contribution in [0.25, 0.3) is 0 Å². The number of rotatable bonds is 3. The van der Waals surface area contributed by atoms with Gasteiger partial charge in [-0.3, -0.25) is 0 Å². The number of likely N-dealkylation sites (N-methyl/N-ethyl adjacent to an activating group) is 1. The fourth-order valence-electron chi connectivity index (χ4n) is 2.88. The lowest BCUT2D eigenvalue weighted by molar-refractivity contribution is 0.175. The van der Waals surface area contributed by atoms with E-state index < -0.39 is 0 Å². The summed E-state index contributed by atoms with van der Waals surface area (Å²) in [5.74, 6) is 0.993. The molecule has 2 unspecified atom stereocenters. The van der Waals surface area contributed by atoms with Crippen LogP contribution in [0.4, 0.5) is 0 Å². The highest BCUT2D eigenvalue weighted by Gasteiger charge is 2.28. The molecular weight excluding hydrogens is 184 g/mol. The summed E-state index contributed by atoms with van der Waals surface area (Å²) in [6, 6.07) is 1.08. The molecule has 2 aliphatic carbocycles. The van der Waals surface area contributed by atoms with Gasteiger partial charge >= 0.3 is 0 Å². The summed E-state index contributed by atoms with van der Waals surface area (Å²) in [6.45, 7) is 1.29. The third-order valence-electron chi connectivity index (χ3n) is 4.09. The van der Waals surface area contributed by atoms with Crippen LogP contribution >= 0.6 is 0 Å². The summed E-state index contributed by atoms with van der Waals surface area (Å²) >= 11 is 0. The third kappa shape index (κ3) is 3.46. The highest BCUT2D eigenvalue weighted by molar-refractivity contribution is 4.85. The van der Waals surface area contributed by atoms with Crippen molar-refractivity contribution < 1.29 is 0 Å². The van der Waals surface area contributed by atoms with Gasteiger partial charge in [0.1, 0.15) is 0 Å². The largest absolute Gasteiger partial charge is 0.326 e. The van der Waals surface area contributed by atoms with Crippen molar-refractivity contribution in [3.63, 3.8) is 0 Å². The van der Waals surface area contributed by atoms with Gasteiger partial charge < -0.3 is 10.6 Å². The van der Waals surface area contributed by atoms with Gasteiger partial charge in [0.05, 0.1) is 0 Å². The van der Waals surface area contributed by atoms with Gasteiger partial charge in [0.25, 0.3) is 0 Å². The van der Waals surface area contributed by atoms with E-state index in [1.165, 1.54) is 57.9 Å². The maximum Gasteiger partial charge on any atom is 0.0244 e. The Morgan fingerprint density at radius 2 is 1.67 bits per heavy atom. The Morgan fingerprint density at radius 1 is 1.00 bits per heavy atom. The maximum absolute atomic E-state index is 6.30. The van der Waals surface area contributed by atoms with Gasteiger partial charge in [-0.25, -0.2) is 0 Å². The molecule has 2 fully saturated rings. The van der Waals surface area contributed by atoms with Crippen molar-refractivity contribution in [2.75, 3.05) is 13.6 Å². The van der Waals surface area contributed by atoms with Crippen LogP contribution in [0.5, 0.6) is 0 Å². The summed E-state index contributed by atoms with van der Waals surface area (Å²) in [5, 5.41) is 0. The van der Waals surface area contributed by atoms with Crippen LogP contribution in [0.3, 0.4) is 0 Å². The van der Waals surface area contributed by atoms with Gasteiger partial charge in [-0.05, 0) is 38.6 Å². The van der Waals surface area contributed by atoms with Crippen molar-refractivity contribution in [3.8, 4) is 0 Å². The topological polar surface area (TPSA) is 29.3 Å². The molecule has 0 radical (unpaired) electrons. The van der Waals surface area contributed by atoms with E-state index in [1.54, 1.807) is 0 Å². The van der Waals surface area contributed by atoms with Gasteiger partial charge in [0, 0.05) is 18.6 Å². The lowest BCUT2D eigenvalue weighted by Crippen LogP contribution is -2.47. The molecule has 0 aromatic carbocycles. The van der Waals surface area contributed by atoms with Crippen molar-refractivity contribution in [1.29, 1.82) is 0 Å². The zero-order chi connectivity index (χ0) is 10.7. The third-order valence-corrected chi connectivity index (χ3v) is 4.09. The molecule has 15 heavy (non-hydrogen) atoms. The molecule has 0 aliphatic heterocycles. The molecule has 0 spiro atoms. The van der Waals surface area contributed by atoms with Crippen LogP contribution in [-0.4, -0.2) is 30.6 Å². The predicted octanol–water partition coefficient (Wildman–Crippen LogP) is 2.38. The molecular formula is C13H26N2. The first kappa shape index (κ1) is 11.4. The summed E-state index contributed by atoms with van der Waals surface area (Å²) in [6.07, 6.45) is 11.0. The summed E-state index contributed by atoms with van der Waals surface area (Å²) in [4.78, 5) is 2.55. The van der Waals surface area contributed by atoms with Crippen molar-refractivity contribution in [2.24, 2.45) is 11.7 Å². The van der Waals surface area contributed by atoms with Crippen LogP contribution in [0.2, 0.25) is 0 Å². The van der Waals surface area contributed by atoms with E-state index in [4.69, 9.17) is 5.73 Å². The van der Waals surface area contributed by atoms with Crippen molar-refractivity contribution in [2.45, 2.75) is 63.5 Å². The van der Waals surface area contributed by atoms with E-state index in [-0.39, 0.29) is 0 Å². The van der Waals surface area contributed by atoms with Crippen LogP contribution in [0.15, 0.2) is 0 Å². The van der Waals surface area contributed by atoms with Crippen LogP contribution < -0.4 is 5.73 Å². The number of hydrogen-bond donors (Lipinski definition) is 1. The summed E-state index contributed by atoms with van der Waals surface area (Å²) in [7, 11) is 2.28. The zero-order valence-electron chi connectivity index (χ0n) is 10.1. The smallest absolute Gasteiger partial charge is 0.0244 e. The Balaban J connectivity index is 1.83. The van der Waals surface area contributed by atoms with Crippen molar-refractivity contribution in [3.05, 3.63) is 0 Å². The second-order valence-corrected chi connectivity index (χ2v) is 5.61. The quantitative estimate of drug-likeness (QED) is 0.775. The fraction of sp³-hybridized carbons (Fsp3) is 1.00. The molecule has 0 heterocycles. The molecule has 2 saturated carbocycles. The Labute approximate surface area is 94.2 Å². The minimum atomic E-state index is 0.425. The van der Waals surface area contributed by atoms with E-state index in [1.807, 2.05) is 0 Å². The summed E-state index contributed by atoms with van der Waals surface area (Å²) in [5.41, 5.74) is 6.30. The van der Waals surface area contributed by atoms with Crippen LogP contribution in [0, 0.1) is 5.92 Å². The van der Waals surface area contributed by atoms with Crippen LogP contribution in [0.1, 0.15) is 51.4 Å². The minimum absolute atomic E-state index is 0.425. The Hall–Kier alpha value is -0.0800. The molecule has 0 aromatic rings. The molecule has 0 aromatic heterocycles. The number of nitrogens with two attached hydrogens (primary N) is 1. The van der Waals surface area contributed by atoms with E-state index in [0.29, 0.717) is 12.1 Å². The van der Waals surface area contributed by atoms with Gasteiger partial charge in [-0.1, -0.05) is 25.7 Å². The van der Waals surface area contributed by atoms with Gasteiger partial charge in [0.2, 0.25) is 0 Å². The lowest BCUT2D eigenvalue weighted by atomic mass is 9.92. The van der Waals surface area contributed by atoms with Crippen molar-refractivity contribution >= 4 is 0 Å². The SMILES string of the molecule is CN(CC1CC1)C1CCCCCCC1N. The minimum Gasteiger partial charge on any atom is -0.326 e. The Morgan fingerprint density at radius 3 is 2.33 bits per heavy atom. The molecule has 2 heteroatoms. The van der Waals surface area contributed by atoms with Crippen LogP contribution in [-0.2, 0) is 0 Å². The summed E-state index contributed by atoms with van der Waals surface area (Å²) < 4.78 is 0. The zero-order valence-corrected chi connectivity index (χ0v) is 10.1. The number of hydrogen-bond acceptors (Lipinski definition) is 2. The number of nitrogens with zero attached hydrogens (tertiary/aromatic N) is 1. The predicted molar refractivity (Wildman–Crippen MR) is 64.8 cm³/mol. The van der Waals surface area contributed by atoms with E-state index in [9.17, 15) is 0 Å².